The quantitative estimate of drug-likeness (QED) is 0.839. The third-order valence-electron chi connectivity index (χ3n) is 3.43. The van der Waals surface area contributed by atoms with Gasteiger partial charge in [-0.15, -0.1) is 0 Å². The predicted octanol–water partition coefficient (Wildman–Crippen LogP) is 4.12. The van der Waals surface area contributed by atoms with Crippen molar-refractivity contribution in [1.82, 2.24) is 4.90 Å². The van der Waals surface area contributed by atoms with Gasteiger partial charge in [0.05, 0.1) is 0 Å². The zero-order valence-corrected chi connectivity index (χ0v) is 12.8. The summed E-state index contributed by atoms with van der Waals surface area (Å²) in [4.78, 5) is 2.24. The summed E-state index contributed by atoms with van der Waals surface area (Å²) in [5.74, 6) is 0. The number of hydrogen-bond acceptors (Lipinski definition) is 2. The van der Waals surface area contributed by atoms with Crippen LogP contribution in [-0.4, -0.2) is 11.9 Å². The molecule has 0 saturated carbocycles. The molecule has 2 aromatic rings. The van der Waals surface area contributed by atoms with E-state index in [1.165, 1.54) is 11.1 Å². The fraction of sp³-hybridized carbons (Fsp3) is 0.294. The Bertz CT molecular complexity index is 564. The Kier molecular flexibility index (Phi) is 5.05. The second kappa shape index (κ2) is 6.78. The minimum Gasteiger partial charge on any atom is -0.398 e. The molecule has 106 valence electrons. The van der Waals surface area contributed by atoms with Crippen LogP contribution in [0.5, 0.6) is 0 Å². The number of anilines is 1. The standard InChI is InChI=1S/C17H21ClN2/c1-3-13-4-6-14(7-5-13)11-20(2)12-15-10-16(18)8-9-17(15)19/h4-10H,3,11-12,19H2,1-2H3. The molecule has 2 aromatic carbocycles. The van der Waals surface area contributed by atoms with E-state index in [2.05, 4.69) is 43.1 Å². The maximum atomic E-state index is 6.02. The van der Waals surface area contributed by atoms with Gasteiger partial charge in [-0.1, -0.05) is 42.8 Å². The molecule has 20 heavy (non-hydrogen) atoms. The SMILES string of the molecule is CCc1ccc(CN(C)Cc2cc(Cl)ccc2N)cc1. The molecule has 0 atom stereocenters. The fourth-order valence-corrected chi connectivity index (χ4v) is 2.44. The average molecular weight is 289 g/mol. The van der Waals surface area contributed by atoms with Crippen molar-refractivity contribution in [3.05, 3.63) is 64.2 Å². The molecule has 0 fully saturated rings. The van der Waals surface area contributed by atoms with Gasteiger partial charge >= 0.3 is 0 Å². The maximum Gasteiger partial charge on any atom is 0.0410 e. The summed E-state index contributed by atoms with van der Waals surface area (Å²) in [5, 5.41) is 0.731. The van der Waals surface area contributed by atoms with Crippen LogP contribution in [0.2, 0.25) is 5.02 Å². The highest BCUT2D eigenvalue weighted by molar-refractivity contribution is 6.30. The molecule has 0 aromatic heterocycles. The number of rotatable bonds is 5. The van der Waals surface area contributed by atoms with E-state index in [0.717, 1.165) is 35.8 Å². The largest absolute Gasteiger partial charge is 0.398 e. The van der Waals surface area contributed by atoms with Gasteiger partial charge in [-0.25, -0.2) is 0 Å². The summed E-state index contributed by atoms with van der Waals surface area (Å²) in [7, 11) is 2.09. The first-order valence-corrected chi connectivity index (χ1v) is 7.26. The number of nitrogens with zero attached hydrogens (tertiary/aromatic N) is 1. The summed E-state index contributed by atoms with van der Waals surface area (Å²) in [5.41, 5.74) is 10.5. The Labute approximate surface area is 126 Å². The van der Waals surface area contributed by atoms with Gasteiger partial charge in [-0.05, 0) is 48.4 Å². The number of benzene rings is 2. The molecular formula is C17H21ClN2. The van der Waals surface area contributed by atoms with Crippen LogP contribution in [0.4, 0.5) is 5.69 Å². The van der Waals surface area contributed by atoms with Crippen LogP contribution in [0.15, 0.2) is 42.5 Å². The van der Waals surface area contributed by atoms with Crippen molar-refractivity contribution in [2.75, 3.05) is 12.8 Å². The number of hydrogen-bond donors (Lipinski definition) is 1. The third-order valence-corrected chi connectivity index (χ3v) is 3.66. The van der Waals surface area contributed by atoms with E-state index in [0.29, 0.717) is 0 Å². The molecule has 0 unspecified atom stereocenters. The highest BCUT2D eigenvalue weighted by Crippen LogP contribution is 2.20. The zero-order chi connectivity index (χ0) is 14.5. The van der Waals surface area contributed by atoms with Crippen molar-refractivity contribution in [1.29, 1.82) is 0 Å². The van der Waals surface area contributed by atoms with E-state index < -0.39 is 0 Å². The molecule has 3 heteroatoms. The number of aryl methyl sites for hydroxylation is 1. The van der Waals surface area contributed by atoms with E-state index in [4.69, 9.17) is 17.3 Å². The molecule has 0 heterocycles. The number of halogens is 1. The second-order valence-electron chi connectivity index (χ2n) is 5.19. The lowest BCUT2D eigenvalue weighted by molar-refractivity contribution is 0.319. The van der Waals surface area contributed by atoms with Crippen molar-refractivity contribution < 1.29 is 0 Å². The van der Waals surface area contributed by atoms with Crippen molar-refractivity contribution in [2.24, 2.45) is 0 Å². The topological polar surface area (TPSA) is 29.3 Å². The summed E-state index contributed by atoms with van der Waals surface area (Å²) in [6.07, 6.45) is 1.08. The lowest BCUT2D eigenvalue weighted by Gasteiger charge is -2.18. The molecule has 0 aliphatic heterocycles. The van der Waals surface area contributed by atoms with E-state index in [9.17, 15) is 0 Å². The molecule has 0 radical (unpaired) electrons. The first-order chi connectivity index (χ1) is 9.58. The monoisotopic (exact) mass is 288 g/mol. The molecule has 2 rings (SSSR count). The van der Waals surface area contributed by atoms with Crippen LogP contribution in [0.3, 0.4) is 0 Å². The summed E-state index contributed by atoms with van der Waals surface area (Å²) in [6.45, 7) is 3.86. The lowest BCUT2D eigenvalue weighted by atomic mass is 10.1. The summed E-state index contributed by atoms with van der Waals surface area (Å²) in [6, 6.07) is 14.4. The smallest absolute Gasteiger partial charge is 0.0410 e. The Morgan fingerprint density at radius 3 is 2.30 bits per heavy atom. The average Bonchev–Trinajstić information content (AvgIpc) is 2.43. The molecule has 0 bridgehead atoms. The van der Waals surface area contributed by atoms with Crippen molar-refractivity contribution >= 4 is 17.3 Å². The van der Waals surface area contributed by atoms with E-state index >= 15 is 0 Å². The van der Waals surface area contributed by atoms with Crippen molar-refractivity contribution in [3.63, 3.8) is 0 Å². The summed E-state index contributed by atoms with van der Waals surface area (Å²) >= 11 is 6.02. The van der Waals surface area contributed by atoms with Crippen LogP contribution in [0, 0.1) is 0 Å². The van der Waals surface area contributed by atoms with E-state index in [1.54, 1.807) is 0 Å². The Hall–Kier alpha value is -1.51. The van der Waals surface area contributed by atoms with Crippen molar-refractivity contribution in [3.8, 4) is 0 Å². The van der Waals surface area contributed by atoms with Crippen LogP contribution in [0.25, 0.3) is 0 Å². The number of nitrogens with two attached hydrogens (primary N) is 1. The lowest BCUT2D eigenvalue weighted by Crippen LogP contribution is -2.18. The van der Waals surface area contributed by atoms with Gasteiger partial charge in [0.2, 0.25) is 0 Å². The molecule has 0 aliphatic rings. The first-order valence-electron chi connectivity index (χ1n) is 6.88. The molecule has 2 nitrogen and oxygen atoms in total. The van der Waals surface area contributed by atoms with Gasteiger partial charge in [0.1, 0.15) is 0 Å². The minimum absolute atomic E-state index is 0.731. The Morgan fingerprint density at radius 1 is 1.00 bits per heavy atom. The van der Waals surface area contributed by atoms with Gasteiger partial charge in [-0.3, -0.25) is 4.90 Å². The van der Waals surface area contributed by atoms with Crippen LogP contribution < -0.4 is 5.73 Å². The number of nitrogen functional groups attached to an aromatic ring is 1. The molecule has 0 spiro atoms. The Morgan fingerprint density at radius 2 is 1.65 bits per heavy atom. The van der Waals surface area contributed by atoms with Crippen LogP contribution >= 0.6 is 11.6 Å². The van der Waals surface area contributed by atoms with Crippen molar-refractivity contribution in [2.45, 2.75) is 26.4 Å². The van der Waals surface area contributed by atoms with E-state index in [-0.39, 0.29) is 0 Å². The van der Waals surface area contributed by atoms with Gasteiger partial charge < -0.3 is 5.73 Å². The molecule has 0 aliphatic carbocycles. The van der Waals surface area contributed by atoms with Crippen LogP contribution in [-0.2, 0) is 19.5 Å². The van der Waals surface area contributed by atoms with Gasteiger partial charge in [-0.2, -0.15) is 0 Å². The fourth-order valence-electron chi connectivity index (χ4n) is 2.25. The van der Waals surface area contributed by atoms with Gasteiger partial charge in [0, 0.05) is 23.8 Å². The highest BCUT2D eigenvalue weighted by atomic mass is 35.5. The third kappa shape index (κ3) is 3.99. The molecule has 0 amide bonds. The molecular weight excluding hydrogens is 268 g/mol. The van der Waals surface area contributed by atoms with Gasteiger partial charge in [0.25, 0.3) is 0 Å². The maximum absolute atomic E-state index is 6.02. The van der Waals surface area contributed by atoms with Gasteiger partial charge in [0.15, 0.2) is 0 Å². The second-order valence-corrected chi connectivity index (χ2v) is 5.62. The van der Waals surface area contributed by atoms with Crippen LogP contribution in [0.1, 0.15) is 23.6 Å². The molecule has 0 saturated heterocycles. The zero-order valence-electron chi connectivity index (χ0n) is 12.1. The summed E-state index contributed by atoms with van der Waals surface area (Å²) < 4.78 is 0. The Balaban J connectivity index is 2.00. The highest BCUT2D eigenvalue weighted by Gasteiger charge is 2.05. The predicted molar refractivity (Wildman–Crippen MR) is 86.9 cm³/mol. The first kappa shape index (κ1) is 14.9. The minimum atomic E-state index is 0.731. The molecule has 2 N–H and O–H groups in total. The van der Waals surface area contributed by atoms with E-state index in [1.807, 2.05) is 18.2 Å². The normalized spacial score (nSPS) is 11.0.